The van der Waals surface area contributed by atoms with Gasteiger partial charge >= 0.3 is 0 Å². The lowest BCUT2D eigenvalue weighted by molar-refractivity contribution is 0.214. The molecular formula is C28H31N5O. The van der Waals surface area contributed by atoms with E-state index < -0.39 is 0 Å². The maximum Gasteiger partial charge on any atom is 0.145 e. The number of pyridine rings is 1. The van der Waals surface area contributed by atoms with E-state index in [-0.39, 0.29) is 6.04 Å². The van der Waals surface area contributed by atoms with Crippen LogP contribution >= 0.6 is 0 Å². The average molecular weight is 454 g/mol. The van der Waals surface area contributed by atoms with Crippen LogP contribution in [0, 0.1) is 13.8 Å². The molecule has 34 heavy (non-hydrogen) atoms. The van der Waals surface area contributed by atoms with E-state index in [0.717, 1.165) is 22.7 Å². The van der Waals surface area contributed by atoms with Crippen molar-refractivity contribution < 1.29 is 4.74 Å². The van der Waals surface area contributed by atoms with E-state index >= 15 is 0 Å². The van der Waals surface area contributed by atoms with Crippen LogP contribution in [-0.2, 0) is 6.54 Å². The van der Waals surface area contributed by atoms with Gasteiger partial charge in [0.1, 0.15) is 11.6 Å². The topological polar surface area (TPSA) is 54.7 Å². The second kappa shape index (κ2) is 8.95. The van der Waals surface area contributed by atoms with Gasteiger partial charge in [0.25, 0.3) is 0 Å². The van der Waals surface area contributed by atoms with Crippen molar-refractivity contribution in [2.45, 2.75) is 40.3 Å². The summed E-state index contributed by atoms with van der Waals surface area (Å²) in [5, 5.41) is 4.47. The predicted molar refractivity (Wildman–Crippen MR) is 138 cm³/mol. The molecule has 1 N–H and O–H groups in total. The highest BCUT2D eigenvalue weighted by molar-refractivity contribution is 6.02. The van der Waals surface area contributed by atoms with Crippen molar-refractivity contribution in [2.24, 2.45) is 4.99 Å². The lowest BCUT2D eigenvalue weighted by Gasteiger charge is -2.33. The zero-order valence-electron chi connectivity index (χ0n) is 20.5. The van der Waals surface area contributed by atoms with E-state index in [0.29, 0.717) is 13.2 Å². The Morgan fingerprint density at radius 2 is 1.85 bits per heavy atom. The number of fused-ring (bicyclic) bond motifs is 2. The zero-order valence-corrected chi connectivity index (χ0v) is 20.5. The Kier molecular flexibility index (Phi) is 5.84. The third-order valence-electron chi connectivity index (χ3n) is 6.80. The summed E-state index contributed by atoms with van der Waals surface area (Å²) in [7, 11) is 2.08. The third kappa shape index (κ3) is 3.74. The molecule has 1 aliphatic rings. The van der Waals surface area contributed by atoms with E-state index in [1.165, 1.54) is 33.5 Å². The van der Waals surface area contributed by atoms with E-state index in [1.54, 1.807) is 0 Å². The number of benzene rings is 2. The Labute approximate surface area is 200 Å². The number of hydrazine groups is 1. The number of amidine groups is 1. The Morgan fingerprint density at radius 3 is 2.62 bits per heavy atom. The van der Waals surface area contributed by atoms with E-state index in [1.807, 2.05) is 37.5 Å². The second-order valence-corrected chi connectivity index (χ2v) is 8.80. The molecule has 0 saturated carbocycles. The van der Waals surface area contributed by atoms with Crippen LogP contribution in [0.4, 0.5) is 0 Å². The average Bonchev–Trinajstić information content (AvgIpc) is 3.11. The van der Waals surface area contributed by atoms with E-state index in [4.69, 9.17) is 9.73 Å². The Morgan fingerprint density at radius 1 is 1.06 bits per heavy atom. The maximum atomic E-state index is 5.64. The molecule has 0 spiro atoms. The van der Waals surface area contributed by atoms with Crippen LogP contribution in [0.1, 0.15) is 48.0 Å². The van der Waals surface area contributed by atoms with Crippen molar-refractivity contribution in [1.29, 1.82) is 0 Å². The minimum atomic E-state index is 0.221. The fourth-order valence-electron chi connectivity index (χ4n) is 5.02. The van der Waals surface area contributed by atoms with Gasteiger partial charge in [-0.15, -0.1) is 0 Å². The Balaban J connectivity index is 1.58. The molecule has 6 heteroatoms. The standard InChI is InChI=1S/C28H31N5O/c1-6-34-24-12-10-23(11-13-24)33-19(3)26-18(2)32(5)31-28(27(26)20(33)4)30-16-22-9-7-8-21-14-15-29-17-25(21)22/h7-15,17-18H,6,16H2,1-5H3,(H,30,31). The number of hydrogen-bond acceptors (Lipinski definition) is 4. The smallest absolute Gasteiger partial charge is 0.145 e. The molecule has 3 heterocycles. The molecule has 1 unspecified atom stereocenters. The number of nitrogens with one attached hydrogen (secondary N) is 1. The lowest BCUT2D eigenvalue weighted by Crippen LogP contribution is -2.46. The summed E-state index contributed by atoms with van der Waals surface area (Å²) in [5.74, 6) is 1.79. The molecule has 174 valence electrons. The minimum Gasteiger partial charge on any atom is -0.494 e. The molecule has 0 fully saturated rings. The minimum absolute atomic E-state index is 0.221. The summed E-state index contributed by atoms with van der Waals surface area (Å²) in [6.07, 6.45) is 3.76. The van der Waals surface area contributed by atoms with Crippen LogP contribution in [0.25, 0.3) is 16.5 Å². The largest absolute Gasteiger partial charge is 0.494 e. The summed E-state index contributed by atoms with van der Waals surface area (Å²) in [6.45, 7) is 9.86. The fourth-order valence-corrected chi connectivity index (χ4v) is 5.02. The molecule has 0 bridgehead atoms. The summed E-state index contributed by atoms with van der Waals surface area (Å²) in [6, 6.07) is 16.9. The van der Waals surface area contributed by atoms with Gasteiger partial charge in [-0.05, 0) is 69.0 Å². The van der Waals surface area contributed by atoms with Crippen molar-refractivity contribution >= 4 is 16.6 Å². The molecule has 2 aromatic carbocycles. The normalized spacial score (nSPS) is 17.1. The number of hydrogen-bond donors (Lipinski definition) is 1. The molecule has 0 saturated heterocycles. The van der Waals surface area contributed by atoms with Gasteiger partial charge in [0.15, 0.2) is 0 Å². The molecular weight excluding hydrogens is 422 g/mol. The van der Waals surface area contributed by atoms with E-state index in [2.05, 4.69) is 78.1 Å². The van der Waals surface area contributed by atoms with Crippen LogP contribution in [-0.4, -0.2) is 34.1 Å². The molecule has 1 aliphatic heterocycles. The van der Waals surface area contributed by atoms with Gasteiger partial charge in [-0.25, -0.2) is 5.01 Å². The van der Waals surface area contributed by atoms with Crippen LogP contribution in [0.2, 0.25) is 0 Å². The highest BCUT2D eigenvalue weighted by atomic mass is 16.5. The Bertz CT molecular complexity index is 1360. The van der Waals surface area contributed by atoms with Crippen molar-refractivity contribution in [3.05, 3.63) is 89.0 Å². The third-order valence-corrected chi connectivity index (χ3v) is 6.80. The van der Waals surface area contributed by atoms with Crippen molar-refractivity contribution in [1.82, 2.24) is 20.0 Å². The zero-order chi connectivity index (χ0) is 23.8. The molecule has 5 rings (SSSR count). The first-order valence-electron chi connectivity index (χ1n) is 11.8. The number of aliphatic imine (C=N–C) groups is 1. The predicted octanol–water partition coefficient (Wildman–Crippen LogP) is 5.50. The fraction of sp³-hybridized carbons (Fsp3) is 0.286. The quantitative estimate of drug-likeness (QED) is 0.434. The summed E-state index contributed by atoms with van der Waals surface area (Å²) in [4.78, 5) is 9.40. The van der Waals surface area contributed by atoms with Gasteiger partial charge in [0.05, 0.1) is 19.2 Å². The van der Waals surface area contributed by atoms with Crippen molar-refractivity contribution in [3.63, 3.8) is 0 Å². The first kappa shape index (κ1) is 22.2. The second-order valence-electron chi connectivity index (χ2n) is 8.80. The number of nitrogens with zero attached hydrogens (tertiary/aromatic N) is 4. The van der Waals surface area contributed by atoms with Gasteiger partial charge in [-0.3, -0.25) is 9.98 Å². The number of aromatic nitrogens is 2. The van der Waals surface area contributed by atoms with Gasteiger partial charge in [0, 0.05) is 53.0 Å². The molecule has 2 aromatic heterocycles. The van der Waals surface area contributed by atoms with Crippen LogP contribution in [0.3, 0.4) is 0 Å². The lowest BCUT2D eigenvalue weighted by atomic mass is 9.99. The van der Waals surface area contributed by atoms with Crippen LogP contribution in [0.5, 0.6) is 5.75 Å². The monoisotopic (exact) mass is 453 g/mol. The molecule has 4 aromatic rings. The molecule has 1 atom stereocenters. The number of ether oxygens (including phenoxy) is 1. The molecule has 0 amide bonds. The summed E-state index contributed by atoms with van der Waals surface area (Å²) >= 11 is 0. The summed E-state index contributed by atoms with van der Waals surface area (Å²) < 4.78 is 7.97. The van der Waals surface area contributed by atoms with Crippen LogP contribution < -0.4 is 10.2 Å². The first-order valence-corrected chi connectivity index (χ1v) is 11.8. The number of rotatable bonds is 5. The maximum absolute atomic E-state index is 5.64. The van der Waals surface area contributed by atoms with Gasteiger partial charge in [-0.1, -0.05) is 18.2 Å². The van der Waals surface area contributed by atoms with Gasteiger partial charge in [0.2, 0.25) is 0 Å². The van der Waals surface area contributed by atoms with Crippen molar-refractivity contribution in [3.8, 4) is 11.4 Å². The highest BCUT2D eigenvalue weighted by Crippen LogP contribution is 2.36. The summed E-state index contributed by atoms with van der Waals surface area (Å²) in [5.41, 5.74) is 10.7. The first-order chi connectivity index (χ1) is 16.5. The molecule has 0 radical (unpaired) electrons. The van der Waals surface area contributed by atoms with Gasteiger partial charge < -0.3 is 14.7 Å². The SMILES string of the molecule is CCOc1ccc(-n2c(C)c3c(c2C)C(C)N(C)NC3=NCc2cccc3ccncc23)cc1. The molecule has 6 nitrogen and oxygen atoms in total. The Hall–Kier alpha value is -3.64. The molecule has 0 aliphatic carbocycles. The van der Waals surface area contributed by atoms with Gasteiger partial charge in [-0.2, -0.15) is 0 Å². The van der Waals surface area contributed by atoms with Crippen molar-refractivity contribution in [2.75, 3.05) is 13.7 Å². The van der Waals surface area contributed by atoms with E-state index in [9.17, 15) is 0 Å². The van der Waals surface area contributed by atoms with Crippen LogP contribution in [0.15, 0.2) is 65.9 Å². The highest BCUT2D eigenvalue weighted by Gasteiger charge is 2.32.